The van der Waals surface area contributed by atoms with Gasteiger partial charge in [-0.1, -0.05) is 0 Å². The highest BCUT2D eigenvalue weighted by atomic mass is 16.5. The fraction of sp³-hybridized carbons (Fsp3) is 1.00. The normalized spacial score (nSPS) is 35.3. The van der Waals surface area contributed by atoms with Gasteiger partial charge in [0, 0.05) is 25.7 Å². The molecule has 0 bridgehead atoms. The minimum atomic E-state index is 0.199. The Labute approximate surface area is 55.6 Å². The minimum absolute atomic E-state index is 0.199. The third-order valence-corrected chi connectivity index (χ3v) is 1.58. The lowest BCUT2D eigenvalue weighted by Crippen LogP contribution is -2.35. The molecule has 0 amide bonds. The number of hydrogen-bond acceptors (Lipinski definition) is 3. The van der Waals surface area contributed by atoms with E-state index in [0.29, 0.717) is 0 Å². The topological polar surface area (TPSA) is 47.3 Å². The van der Waals surface area contributed by atoms with Gasteiger partial charge in [-0.2, -0.15) is 0 Å². The van der Waals surface area contributed by atoms with Crippen molar-refractivity contribution in [3.05, 3.63) is 0 Å². The van der Waals surface area contributed by atoms with E-state index in [4.69, 9.17) is 10.5 Å². The fourth-order valence-corrected chi connectivity index (χ4v) is 1.07. The standard InChI is InChI=1S/C6H14N2O/c1-2-9-6-4-8-3-5(6)7/h5-6,8H,2-4,7H2,1H3/t5-,6+/m1/s1. The van der Waals surface area contributed by atoms with Gasteiger partial charge in [0.25, 0.3) is 0 Å². The highest BCUT2D eigenvalue weighted by Gasteiger charge is 2.22. The number of nitrogens with two attached hydrogens (primary N) is 1. The van der Waals surface area contributed by atoms with E-state index in [1.165, 1.54) is 0 Å². The largest absolute Gasteiger partial charge is 0.376 e. The molecule has 0 aliphatic carbocycles. The zero-order valence-corrected chi connectivity index (χ0v) is 5.76. The number of ether oxygens (including phenoxy) is 1. The zero-order valence-electron chi connectivity index (χ0n) is 5.76. The van der Waals surface area contributed by atoms with E-state index in [9.17, 15) is 0 Å². The molecule has 2 atom stereocenters. The molecule has 0 aromatic heterocycles. The third-order valence-electron chi connectivity index (χ3n) is 1.58. The molecule has 1 rings (SSSR count). The first-order valence-electron chi connectivity index (χ1n) is 3.42. The summed E-state index contributed by atoms with van der Waals surface area (Å²) < 4.78 is 5.33. The molecule has 0 spiro atoms. The van der Waals surface area contributed by atoms with Crippen LogP contribution in [-0.4, -0.2) is 31.8 Å². The van der Waals surface area contributed by atoms with Crippen LogP contribution in [0.4, 0.5) is 0 Å². The van der Waals surface area contributed by atoms with Crippen LogP contribution in [0.3, 0.4) is 0 Å². The Hall–Kier alpha value is -0.120. The summed E-state index contributed by atoms with van der Waals surface area (Å²) in [5.41, 5.74) is 5.68. The molecule has 54 valence electrons. The smallest absolute Gasteiger partial charge is 0.0862 e. The van der Waals surface area contributed by atoms with Crippen molar-refractivity contribution in [3.63, 3.8) is 0 Å². The highest BCUT2D eigenvalue weighted by Crippen LogP contribution is 2.00. The summed E-state index contributed by atoms with van der Waals surface area (Å²) in [5.74, 6) is 0. The van der Waals surface area contributed by atoms with E-state index in [1.807, 2.05) is 6.92 Å². The Morgan fingerprint density at radius 3 is 2.89 bits per heavy atom. The Kier molecular flexibility index (Phi) is 2.45. The first-order chi connectivity index (χ1) is 4.34. The van der Waals surface area contributed by atoms with Gasteiger partial charge in [-0.15, -0.1) is 0 Å². The molecule has 9 heavy (non-hydrogen) atoms. The monoisotopic (exact) mass is 130 g/mol. The van der Waals surface area contributed by atoms with E-state index >= 15 is 0 Å². The lowest BCUT2D eigenvalue weighted by atomic mass is 10.2. The van der Waals surface area contributed by atoms with Crippen LogP contribution < -0.4 is 11.1 Å². The van der Waals surface area contributed by atoms with Gasteiger partial charge in [-0.05, 0) is 6.92 Å². The zero-order chi connectivity index (χ0) is 6.69. The fourth-order valence-electron chi connectivity index (χ4n) is 1.07. The molecule has 1 aliphatic rings. The van der Waals surface area contributed by atoms with Crippen molar-refractivity contribution in [2.24, 2.45) is 5.73 Å². The Morgan fingerprint density at radius 1 is 1.67 bits per heavy atom. The SMILES string of the molecule is CCO[C@H]1CNC[C@H]1N. The van der Waals surface area contributed by atoms with Crippen LogP contribution in [0.25, 0.3) is 0 Å². The van der Waals surface area contributed by atoms with E-state index in [2.05, 4.69) is 5.32 Å². The molecule has 1 fully saturated rings. The summed E-state index contributed by atoms with van der Waals surface area (Å²) in [6.45, 7) is 4.56. The maximum absolute atomic E-state index is 5.68. The summed E-state index contributed by atoms with van der Waals surface area (Å²) in [5, 5.41) is 3.16. The van der Waals surface area contributed by atoms with Crippen molar-refractivity contribution in [1.29, 1.82) is 0 Å². The molecule has 1 aliphatic heterocycles. The summed E-state index contributed by atoms with van der Waals surface area (Å²) in [6.07, 6.45) is 0.245. The molecule has 0 saturated carbocycles. The molecule has 1 saturated heterocycles. The molecule has 0 radical (unpaired) electrons. The second-order valence-corrected chi connectivity index (χ2v) is 2.32. The predicted molar refractivity (Wildman–Crippen MR) is 36.3 cm³/mol. The highest BCUT2D eigenvalue weighted by molar-refractivity contribution is 4.84. The van der Waals surface area contributed by atoms with Crippen molar-refractivity contribution in [2.45, 2.75) is 19.1 Å². The summed E-state index contributed by atoms with van der Waals surface area (Å²) >= 11 is 0. The molecule has 3 heteroatoms. The third kappa shape index (κ3) is 1.64. The molecule has 0 aromatic carbocycles. The van der Waals surface area contributed by atoms with Crippen LogP contribution in [0.1, 0.15) is 6.92 Å². The maximum Gasteiger partial charge on any atom is 0.0862 e. The Balaban J connectivity index is 2.22. The molecule has 1 heterocycles. The van der Waals surface area contributed by atoms with Crippen LogP contribution in [-0.2, 0) is 4.74 Å². The van der Waals surface area contributed by atoms with Gasteiger partial charge in [0.2, 0.25) is 0 Å². The average Bonchev–Trinajstić information content (AvgIpc) is 2.18. The Morgan fingerprint density at radius 2 is 2.44 bits per heavy atom. The molecule has 0 aromatic rings. The predicted octanol–water partition coefficient (Wildman–Crippen LogP) is -0.678. The lowest BCUT2D eigenvalue weighted by Gasteiger charge is -2.12. The molecule has 0 unspecified atom stereocenters. The van der Waals surface area contributed by atoms with Gasteiger partial charge in [-0.25, -0.2) is 0 Å². The van der Waals surface area contributed by atoms with Crippen LogP contribution in [0, 0.1) is 0 Å². The van der Waals surface area contributed by atoms with Crippen molar-refractivity contribution < 1.29 is 4.74 Å². The first kappa shape index (κ1) is 6.99. The summed E-state index contributed by atoms with van der Waals surface area (Å²) in [7, 11) is 0. The van der Waals surface area contributed by atoms with Crippen LogP contribution >= 0.6 is 0 Å². The molecular weight excluding hydrogens is 116 g/mol. The van der Waals surface area contributed by atoms with Crippen molar-refractivity contribution in [2.75, 3.05) is 19.7 Å². The van der Waals surface area contributed by atoms with Crippen molar-refractivity contribution in [3.8, 4) is 0 Å². The molecule has 3 nitrogen and oxygen atoms in total. The summed E-state index contributed by atoms with van der Waals surface area (Å²) in [4.78, 5) is 0. The van der Waals surface area contributed by atoms with Gasteiger partial charge in [0.15, 0.2) is 0 Å². The summed E-state index contributed by atoms with van der Waals surface area (Å²) in [6, 6.07) is 0.199. The Bertz CT molecular complexity index is 87.1. The van der Waals surface area contributed by atoms with Crippen LogP contribution in [0.15, 0.2) is 0 Å². The van der Waals surface area contributed by atoms with Gasteiger partial charge in [0.05, 0.1) is 6.10 Å². The first-order valence-corrected chi connectivity index (χ1v) is 3.42. The quantitative estimate of drug-likeness (QED) is 0.521. The van der Waals surface area contributed by atoms with Crippen LogP contribution in [0.2, 0.25) is 0 Å². The number of rotatable bonds is 2. The second-order valence-electron chi connectivity index (χ2n) is 2.32. The molecule has 3 N–H and O–H groups in total. The lowest BCUT2D eigenvalue weighted by molar-refractivity contribution is 0.0671. The van der Waals surface area contributed by atoms with Crippen molar-refractivity contribution in [1.82, 2.24) is 5.32 Å². The average molecular weight is 130 g/mol. The van der Waals surface area contributed by atoms with Gasteiger partial charge >= 0.3 is 0 Å². The van der Waals surface area contributed by atoms with E-state index < -0.39 is 0 Å². The van der Waals surface area contributed by atoms with Gasteiger partial charge < -0.3 is 15.8 Å². The van der Waals surface area contributed by atoms with E-state index in [0.717, 1.165) is 19.7 Å². The van der Waals surface area contributed by atoms with E-state index in [-0.39, 0.29) is 12.1 Å². The minimum Gasteiger partial charge on any atom is -0.376 e. The maximum atomic E-state index is 5.68. The van der Waals surface area contributed by atoms with Gasteiger partial charge in [-0.3, -0.25) is 0 Å². The number of nitrogens with one attached hydrogen (secondary N) is 1. The second kappa shape index (κ2) is 3.15. The number of hydrogen-bond donors (Lipinski definition) is 2. The van der Waals surface area contributed by atoms with Gasteiger partial charge in [0.1, 0.15) is 0 Å². The van der Waals surface area contributed by atoms with E-state index in [1.54, 1.807) is 0 Å². The van der Waals surface area contributed by atoms with Crippen LogP contribution in [0.5, 0.6) is 0 Å². The molecular formula is C6H14N2O. The van der Waals surface area contributed by atoms with Crippen molar-refractivity contribution >= 4 is 0 Å².